The summed E-state index contributed by atoms with van der Waals surface area (Å²) in [7, 11) is 4.01. The van der Waals surface area contributed by atoms with Crippen LogP contribution in [0.1, 0.15) is 6.42 Å². The lowest BCUT2D eigenvalue weighted by Gasteiger charge is -2.22. The predicted octanol–water partition coefficient (Wildman–Crippen LogP) is 5.45. The van der Waals surface area contributed by atoms with Crippen LogP contribution in [0.25, 0.3) is 10.2 Å². The first-order valence-corrected chi connectivity index (χ1v) is 10.9. The van der Waals surface area contributed by atoms with E-state index in [1.54, 1.807) is 16.7 Å². The lowest BCUT2D eigenvalue weighted by molar-refractivity contribution is -0.118. The SMILES string of the molecule is CN(C)CCN(C(=O)CCSc1ccccc1)c1nc2c(Cl)cccc2s1.Cl. The van der Waals surface area contributed by atoms with Gasteiger partial charge in [0.05, 0.1) is 9.72 Å². The van der Waals surface area contributed by atoms with E-state index in [9.17, 15) is 4.79 Å². The fourth-order valence-electron chi connectivity index (χ4n) is 2.55. The summed E-state index contributed by atoms with van der Waals surface area (Å²) >= 11 is 9.47. The average Bonchev–Trinajstić information content (AvgIpc) is 3.08. The molecule has 0 radical (unpaired) electrons. The Morgan fingerprint density at radius 2 is 1.86 bits per heavy atom. The minimum absolute atomic E-state index is 0. The summed E-state index contributed by atoms with van der Waals surface area (Å²) in [6.07, 6.45) is 0.469. The van der Waals surface area contributed by atoms with Crippen LogP contribution < -0.4 is 4.90 Å². The molecule has 0 aliphatic rings. The zero-order chi connectivity index (χ0) is 19.2. The summed E-state index contributed by atoms with van der Waals surface area (Å²) in [6, 6.07) is 15.9. The molecule has 1 amide bonds. The van der Waals surface area contributed by atoms with Gasteiger partial charge in [0.1, 0.15) is 5.52 Å². The number of halogens is 2. The summed E-state index contributed by atoms with van der Waals surface area (Å²) in [5, 5.41) is 1.34. The highest BCUT2D eigenvalue weighted by Crippen LogP contribution is 2.33. The molecule has 28 heavy (non-hydrogen) atoms. The molecule has 8 heteroatoms. The molecule has 0 fully saturated rings. The number of aromatic nitrogens is 1. The molecule has 0 atom stereocenters. The Morgan fingerprint density at radius 3 is 2.54 bits per heavy atom. The number of rotatable bonds is 8. The summed E-state index contributed by atoms with van der Waals surface area (Å²) in [5.74, 6) is 0.836. The van der Waals surface area contributed by atoms with Gasteiger partial charge in [0.2, 0.25) is 5.91 Å². The van der Waals surface area contributed by atoms with E-state index in [0.717, 1.165) is 27.6 Å². The monoisotopic (exact) mass is 455 g/mol. The molecule has 0 spiro atoms. The zero-order valence-electron chi connectivity index (χ0n) is 15.8. The summed E-state index contributed by atoms with van der Waals surface area (Å²) in [4.78, 5) is 22.6. The van der Waals surface area contributed by atoms with Gasteiger partial charge in [-0.3, -0.25) is 9.69 Å². The highest BCUT2D eigenvalue weighted by atomic mass is 35.5. The van der Waals surface area contributed by atoms with Crippen LogP contribution in [0.15, 0.2) is 53.4 Å². The Bertz CT molecular complexity index is 903. The molecule has 2 aromatic carbocycles. The van der Waals surface area contributed by atoms with Gasteiger partial charge in [0.25, 0.3) is 0 Å². The van der Waals surface area contributed by atoms with Crippen LogP contribution in [0, 0.1) is 0 Å². The number of para-hydroxylation sites is 1. The highest BCUT2D eigenvalue weighted by Gasteiger charge is 2.20. The molecule has 1 aromatic heterocycles. The molecule has 4 nitrogen and oxygen atoms in total. The first kappa shape index (κ1) is 23.0. The van der Waals surface area contributed by atoms with Crippen molar-refractivity contribution in [2.75, 3.05) is 37.8 Å². The Hall–Kier alpha value is -1.31. The van der Waals surface area contributed by atoms with E-state index in [-0.39, 0.29) is 18.3 Å². The maximum absolute atomic E-state index is 12.9. The van der Waals surface area contributed by atoms with Crippen LogP contribution in [0.5, 0.6) is 0 Å². The van der Waals surface area contributed by atoms with Crippen molar-refractivity contribution in [3.63, 3.8) is 0 Å². The molecule has 0 N–H and O–H groups in total. The van der Waals surface area contributed by atoms with Gasteiger partial charge < -0.3 is 4.90 Å². The van der Waals surface area contributed by atoms with Crippen molar-refractivity contribution in [1.29, 1.82) is 0 Å². The van der Waals surface area contributed by atoms with Crippen molar-refractivity contribution in [3.8, 4) is 0 Å². The number of carbonyl (C=O) groups is 1. The van der Waals surface area contributed by atoms with Crippen molar-refractivity contribution in [3.05, 3.63) is 53.6 Å². The minimum Gasteiger partial charge on any atom is -0.308 e. The van der Waals surface area contributed by atoms with Crippen molar-refractivity contribution in [1.82, 2.24) is 9.88 Å². The number of hydrogen-bond acceptors (Lipinski definition) is 5. The molecular formula is C20H23Cl2N3OS2. The number of nitrogens with zero attached hydrogens (tertiary/aromatic N) is 3. The van der Waals surface area contributed by atoms with E-state index in [0.29, 0.717) is 18.0 Å². The van der Waals surface area contributed by atoms with Crippen molar-refractivity contribution in [2.45, 2.75) is 11.3 Å². The van der Waals surface area contributed by atoms with Crippen LogP contribution >= 0.6 is 47.1 Å². The number of carbonyl (C=O) groups excluding carboxylic acids is 1. The number of anilines is 1. The molecule has 0 aliphatic carbocycles. The average molecular weight is 456 g/mol. The van der Waals surface area contributed by atoms with Gasteiger partial charge in [-0.15, -0.1) is 24.2 Å². The van der Waals surface area contributed by atoms with Gasteiger partial charge in [-0.2, -0.15) is 0 Å². The predicted molar refractivity (Wildman–Crippen MR) is 125 cm³/mol. The molecule has 3 rings (SSSR count). The largest absolute Gasteiger partial charge is 0.308 e. The Morgan fingerprint density at radius 1 is 1.11 bits per heavy atom. The quantitative estimate of drug-likeness (QED) is 0.423. The van der Waals surface area contributed by atoms with Crippen LogP contribution in [0.3, 0.4) is 0 Å². The first-order chi connectivity index (χ1) is 13.0. The van der Waals surface area contributed by atoms with Crippen molar-refractivity contribution in [2.24, 2.45) is 0 Å². The van der Waals surface area contributed by atoms with Gasteiger partial charge in [-0.05, 0) is 38.4 Å². The second kappa shape index (κ2) is 11.0. The first-order valence-electron chi connectivity index (χ1n) is 8.72. The molecule has 150 valence electrons. The second-order valence-corrected chi connectivity index (χ2v) is 8.93. The highest BCUT2D eigenvalue weighted by molar-refractivity contribution is 7.99. The standard InChI is InChI=1S/C20H22ClN3OS2.ClH/c1-23(2)12-13-24(18(25)11-14-26-15-7-4-3-5-8-15)20-22-19-16(21)9-6-10-17(19)27-20;/h3-10H,11-14H2,1-2H3;1H. The number of thiazole rings is 1. The number of hydrogen-bond donors (Lipinski definition) is 0. The summed E-state index contributed by atoms with van der Waals surface area (Å²) < 4.78 is 0.999. The Kier molecular flexibility index (Phi) is 9.05. The second-order valence-electron chi connectivity index (χ2n) is 6.34. The van der Waals surface area contributed by atoms with Crippen molar-refractivity contribution < 1.29 is 4.79 Å². The maximum Gasteiger partial charge on any atom is 0.229 e. The van der Waals surface area contributed by atoms with E-state index < -0.39 is 0 Å². The van der Waals surface area contributed by atoms with E-state index in [1.807, 2.05) is 50.5 Å². The fourth-order valence-corrected chi connectivity index (χ4v) is 4.72. The Balaban J connectivity index is 0.00000280. The van der Waals surface area contributed by atoms with Crippen LogP contribution in [-0.2, 0) is 4.79 Å². The van der Waals surface area contributed by atoms with E-state index >= 15 is 0 Å². The number of amides is 1. The van der Waals surface area contributed by atoms with Crippen LogP contribution in [0.4, 0.5) is 5.13 Å². The molecule has 0 aliphatic heterocycles. The minimum atomic E-state index is 0. The van der Waals surface area contributed by atoms with Gasteiger partial charge in [0.15, 0.2) is 5.13 Å². The third-order valence-corrected chi connectivity index (χ3v) is 6.35. The van der Waals surface area contributed by atoms with E-state index in [4.69, 9.17) is 11.6 Å². The lowest BCUT2D eigenvalue weighted by Crippen LogP contribution is -2.36. The van der Waals surface area contributed by atoms with Gasteiger partial charge in [-0.1, -0.05) is 47.2 Å². The van der Waals surface area contributed by atoms with Crippen LogP contribution in [0.2, 0.25) is 5.02 Å². The molecule has 0 saturated heterocycles. The van der Waals surface area contributed by atoms with E-state index in [1.165, 1.54) is 16.2 Å². The number of thioether (sulfide) groups is 1. The zero-order valence-corrected chi connectivity index (χ0v) is 19.0. The molecule has 0 bridgehead atoms. The molecule has 3 aromatic rings. The van der Waals surface area contributed by atoms with Crippen LogP contribution in [-0.4, -0.2) is 48.7 Å². The smallest absolute Gasteiger partial charge is 0.229 e. The third kappa shape index (κ3) is 6.09. The van der Waals surface area contributed by atoms with Gasteiger partial charge in [-0.25, -0.2) is 4.98 Å². The van der Waals surface area contributed by atoms with Gasteiger partial charge >= 0.3 is 0 Å². The molecular weight excluding hydrogens is 433 g/mol. The number of likely N-dealkylation sites (N-methyl/N-ethyl adjacent to an activating group) is 1. The number of fused-ring (bicyclic) bond motifs is 1. The summed E-state index contributed by atoms with van der Waals surface area (Å²) in [5.41, 5.74) is 0.764. The fraction of sp³-hybridized carbons (Fsp3) is 0.300. The Labute approximate surface area is 185 Å². The van der Waals surface area contributed by atoms with Crippen molar-refractivity contribution >= 4 is 68.4 Å². The molecule has 0 unspecified atom stereocenters. The maximum atomic E-state index is 12.9. The number of benzene rings is 2. The summed E-state index contributed by atoms with van der Waals surface area (Å²) in [6.45, 7) is 1.39. The molecule has 0 saturated carbocycles. The normalized spacial score (nSPS) is 10.9. The lowest BCUT2D eigenvalue weighted by atomic mass is 10.3. The topological polar surface area (TPSA) is 36.4 Å². The van der Waals surface area contributed by atoms with E-state index in [2.05, 4.69) is 22.0 Å². The third-order valence-electron chi connectivity index (χ3n) is 3.99. The van der Waals surface area contributed by atoms with Gasteiger partial charge in [0, 0.05) is 30.2 Å². The molecule has 1 heterocycles.